The standard InChI is InChI=1S/C17H25NOS.C7H14.CH2O2/c1-13-16(18(19)14-8-6-5-7-9-14)12-15(20-13)10-11-17(2,3)4;1-7-5-3-2-4-6-7;2-1-3/h12,14,19H,5-9H2,1-4H3;7H,2-6H2,1H3;1H,(H,2,3). The molecule has 0 amide bonds. The monoisotopic (exact) mass is 435 g/mol. The molecule has 0 aliphatic heterocycles. The van der Waals surface area contributed by atoms with E-state index in [0.29, 0.717) is 0 Å². The van der Waals surface area contributed by atoms with Gasteiger partial charge >= 0.3 is 0 Å². The van der Waals surface area contributed by atoms with Gasteiger partial charge in [0.15, 0.2) is 0 Å². The Morgan fingerprint density at radius 2 is 1.57 bits per heavy atom. The van der Waals surface area contributed by atoms with E-state index >= 15 is 0 Å². The number of carbonyl (C=O) groups is 1. The van der Waals surface area contributed by atoms with Crippen LogP contribution >= 0.6 is 11.3 Å². The third-order valence-corrected chi connectivity index (χ3v) is 6.47. The normalized spacial score (nSPS) is 17.4. The minimum Gasteiger partial charge on any atom is -0.483 e. The number of nitrogens with zero attached hydrogens (tertiary/aromatic N) is 1. The minimum atomic E-state index is -0.250. The summed E-state index contributed by atoms with van der Waals surface area (Å²) < 4.78 is 0. The number of carboxylic acid groups (broad SMARTS) is 1. The lowest BCUT2D eigenvalue weighted by Gasteiger charge is -2.30. The van der Waals surface area contributed by atoms with E-state index in [4.69, 9.17) is 9.90 Å². The molecule has 0 spiro atoms. The van der Waals surface area contributed by atoms with Gasteiger partial charge in [-0.15, -0.1) is 11.3 Å². The highest BCUT2D eigenvalue weighted by Crippen LogP contribution is 2.33. The van der Waals surface area contributed by atoms with Crippen molar-refractivity contribution in [2.75, 3.05) is 5.06 Å². The zero-order chi connectivity index (χ0) is 22.6. The van der Waals surface area contributed by atoms with E-state index < -0.39 is 0 Å². The molecule has 30 heavy (non-hydrogen) atoms. The van der Waals surface area contributed by atoms with Crippen molar-refractivity contribution in [2.24, 2.45) is 11.3 Å². The summed E-state index contributed by atoms with van der Waals surface area (Å²) in [7, 11) is 0. The molecule has 1 aromatic rings. The summed E-state index contributed by atoms with van der Waals surface area (Å²) in [6, 6.07) is 2.31. The molecule has 0 radical (unpaired) electrons. The fourth-order valence-electron chi connectivity index (χ4n) is 3.84. The van der Waals surface area contributed by atoms with E-state index in [2.05, 4.69) is 46.5 Å². The first-order chi connectivity index (χ1) is 14.2. The summed E-state index contributed by atoms with van der Waals surface area (Å²) in [5.74, 6) is 7.53. The van der Waals surface area contributed by atoms with Gasteiger partial charge in [-0.3, -0.25) is 15.1 Å². The second kappa shape index (κ2) is 13.7. The smallest absolute Gasteiger partial charge is 0.290 e. The maximum atomic E-state index is 10.5. The molecule has 2 aliphatic carbocycles. The van der Waals surface area contributed by atoms with Gasteiger partial charge in [-0.25, -0.2) is 0 Å². The number of rotatable bonds is 2. The van der Waals surface area contributed by atoms with Gasteiger partial charge in [0.05, 0.1) is 16.6 Å². The lowest BCUT2D eigenvalue weighted by Crippen LogP contribution is -2.33. The molecule has 1 aromatic heterocycles. The third-order valence-electron chi connectivity index (χ3n) is 5.51. The Hall–Kier alpha value is -1.51. The molecule has 2 N–H and O–H groups in total. The molecule has 0 atom stereocenters. The van der Waals surface area contributed by atoms with Crippen LogP contribution in [0, 0.1) is 30.1 Å². The van der Waals surface area contributed by atoms with E-state index in [1.54, 1.807) is 11.3 Å². The van der Waals surface area contributed by atoms with E-state index in [1.807, 2.05) is 6.07 Å². The average Bonchev–Trinajstić information content (AvgIpc) is 3.08. The Kier molecular flexibility index (Phi) is 12.1. The fraction of sp³-hybridized carbons (Fsp3) is 0.720. The van der Waals surface area contributed by atoms with Gasteiger partial charge in [-0.1, -0.05) is 70.1 Å². The Morgan fingerprint density at radius 1 is 1.07 bits per heavy atom. The predicted molar refractivity (Wildman–Crippen MR) is 127 cm³/mol. The zero-order valence-electron chi connectivity index (χ0n) is 19.5. The molecule has 2 fully saturated rings. The van der Waals surface area contributed by atoms with Crippen molar-refractivity contribution in [3.8, 4) is 11.8 Å². The second-order valence-corrected chi connectivity index (χ2v) is 10.8. The predicted octanol–water partition coefficient (Wildman–Crippen LogP) is 7.27. The summed E-state index contributed by atoms with van der Waals surface area (Å²) >= 11 is 1.67. The van der Waals surface area contributed by atoms with Crippen LogP contribution in [0.5, 0.6) is 0 Å². The maximum absolute atomic E-state index is 10.5. The quantitative estimate of drug-likeness (QED) is 0.291. The third kappa shape index (κ3) is 10.5. The van der Waals surface area contributed by atoms with Crippen molar-refractivity contribution >= 4 is 23.5 Å². The van der Waals surface area contributed by atoms with E-state index in [-0.39, 0.29) is 17.9 Å². The van der Waals surface area contributed by atoms with Gasteiger partial charge in [0.25, 0.3) is 6.47 Å². The summed E-state index contributed by atoms with van der Waals surface area (Å²) in [5, 5.41) is 18.8. The Bertz CT molecular complexity index is 669. The summed E-state index contributed by atoms with van der Waals surface area (Å²) in [5.41, 5.74) is 0.959. The van der Waals surface area contributed by atoms with Crippen LogP contribution in [0.2, 0.25) is 0 Å². The molecule has 2 saturated carbocycles. The van der Waals surface area contributed by atoms with Gasteiger partial charge in [0.2, 0.25) is 0 Å². The van der Waals surface area contributed by atoms with Crippen molar-refractivity contribution in [1.82, 2.24) is 0 Å². The van der Waals surface area contributed by atoms with Crippen molar-refractivity contribution in [3.05, 3.63) is 15.8 Å². The number of hydrogen-bond acceptors (Lipinski definition) is 4. The van der Waals surface area contributed by atoms with Crippen LogP contribution in [0.3, 0.4) is 0 Å². The van der Waals surface area contributed by atoms with Crippen LogP contribution < -0.4 is 5.06 Å². The SMILES string of the molecule is CC1CCCCC1.Cc1sc(C#CC(C)(C)C)cc1N(O)C1CCCCC1.O=CO. The highest BCUT2D eigenvalue weighted by atomic mass is 32.1. The molecule has 2 aliphatic rings. The summed E-state index contributed by atoms with van der Waals surface area (Å²) in [6.07, 6.45) is 13.4. The highest BCUT2D eigenvalue weighted by molar-refractivity contribution is 7.13. The minimum absolute atomic E-state index is 0.0142. The van der Waals surface area contributed by atoms with Gasteiger partial charge < -0.3 is 5.11 Å². The van der Waals surface area contributed by atoms with Crippen LogP contribution in [0.4, 0.5) is 5.69 Å². The molecule has 3 rings (SSSR count). The summed E-state index contributed by atoms with van der Waals surface area (Å²) in [6.45, 7) is 10.5. The van der Waals surface area contributed by atoms with Gasteiger partial charge in [0, 0.05) is 10.3 Å². The summed E-state index contributed by atoms with van der Waals surface area (Å²) in [4.78, 5) is 10.6. The second-order valence-electron chi connectivity index (χ2n) is 9.54. The molecule has 1 heterocycles. The maximum Gasteiger partial charge on any atom is 0.290 e. The molecule has 5 heteroatoms. The van der Waals surface area contributed by atoms with Gasteiger partial charge in [-0.2, -0.15) is 0 Å². The first kappa shape index (κ1) is 26.5. The zero-order valence-corrected chi connectivity index (χ0v) is 20.4. The van der Waals surface area contributed by atoms with Gasteiger partial charge in [-0.05, 0) is 52.5 Å². The number of anilines is 1. The van der Waals surface area contributed by atoms with Crippen LogP contribution in [-0.4, -0.2) is 22.8 Å². The molecule has 4 nitrogen and oxygen atoms in total. The Morgan fingerprint density at radius 3 is 2.00 bits per heavy atom. The number of aryl methyl sites for hydroxylation is 1. The topological polar surface area (TPSA) is 60.8 Å². The largest absolute Gasteiger partial charge is 0.483 e. The molecular weight excluding hydrogens is 394 g/mol. The lowest BCUT2D eigenvalue weighted by molar-refractivity contribution is -0.122. The van der Waals surface area contributed by atoms with Crippen molar-refractivity contribution in [3.63, 3.8) is 0 Å². The van der Waals surface area contributed by atoms with Crippen molar-refractivity contribution < 1.29 is 15.1 Å². The average molecular weight is 436 g/mol. The highest BCUT2D eigenvalue weighted by Gasteiger charge is 2.22. The van der Waals surface area contributed by atoms with E-state index in [9.17, 15) is 5.21 Å². The van der Waals surface area contributed by atoms with Crippen molar-refractivity contribution in [1.29, 1.82) is 0 Å². The van der Waals surface area contributed by atoms with Crippen LogP contribution in [-0.2, 0) is 4.79 Å². The first-order valence-corrected chi connectivity index (χ1v) is 12.2. The molecule has 0 saturated heterocycles. The molecule has 170 valence electrons. The number of hydrogen-bond donors (Lipinski definition) is 2. The van der Waals surface area contributed by atoms with Crippen molar-refractivity contribution in [2.45, 2.75) is 105 Å². The van der Waals surface area contributed by atoms with Gasteiger partial charge in [0.1, 0.15) is 0 Å². The molecule has 0 aromatic carbocycles. The van der Waals surface area contributed by atoms with Crippen LogP contribution in [0.15, 0.2) is 6.07 Å². The number of hydroxylamine groups is 1. The van der Waals surface area contributed by atoms with Crippen LogP contribution in [0.25, 0.3) is 0 Å². The molecular formula is C25H41NO3S. The molecule has 0 unspecified atom stereocenters. The van der Waals surface area contributed by atoms with E-state index in [1.165, 1.54) is 56.4 Å². The van der Waals surface area contributed by atoms with Crippen LogP contribution in [0.1, 0.15) is 102 Å². The molecule has 0 bridgehead atoms. The Labute approximate surface area is 187 Å². The number of thiophene rings is 1. The first-order valence-electron chi connectivity index (χ1n) is 11.4. The fourth-order valence-corrected chi connectivity index (χ4v) is 4.70. The Balaban J connectivity index is 0.000000372. The van der Waals surface area contributed by atoms with E-state index in [0.717, 1.165) is 34.2 Å². The lowest BCUT2D eigenvalue weighted by atomic mass is 9.91.